The summed E-state index contributed by atoms with van der Waals surface area (Å²) in [5, 5.41) is 39.7. The normalized spacial score (nSPS) is 11.4. The van der Waals surface area contributed by atoms with E-state index in [0.717, 1.165) is 16.5 Å². The summed E-state index contributed by atoms with van der Waals surface area (Å²) in [5.74, 6) is 0.890. The van der Waals surface area contributed by atoms with Gasteiger partial charge in [-0.25, -0.2) is 4.98 Å². The first kappa shape index (κ1) is 13.5. The lowest BCUT2D eigenvalue weighted by atomic mass is 10.0. The summed E-state index contributed by atoms with van der Waals surface area (Å²) in [6, 6.07) is 11.0. The summed E-state index contributed by atoms with van der Waals surface area (Å²) in [6.45, 7) is 0. The SMILES string of the molecule is Oc1c(-c2nn[nH]n2)ccc2nc3cc(-c4nn[nH]n4)ccc3cc12. The molecule has 0 atom stereocenters. The van der Waals surface area contributed by atoms with Crippen molar-refractivity contribution in [2.75, 3.05) is 0 Å². The lowest BCUT2D eigenvalue weighted by Gasteiger charge is -2.07. The van der Waals surface area contributed by atoms with Gasteiger partial charge >= 0.3 is 0 Å². The number of H-pyrrole nitrogens is 2. The Bertz CT molecular complexity index is 1200. The third kappa shape index (κ3) is 2.08. The number of fused-ring (bicyclic) bond motifs is 2. The van der Waals surface area contributed by atoms with Crippen molar-refractivity contribution in [1.82, 2.24) is 46.2 Å². The molecule has 3 aromatic heterocycles. The molecule has 0 aliphatic heterocycles. The van der Waals surface area contributed by atoms with Crippen LogP contribution < -0.4 is 0 Å². The van der Waals surface area contributed by atoms with Crippen LogP contribution >= 0.6 is 0 Å². The Labute approximate surface area is 138 Å². The van der Waals surface area contributed by atoms with Gasteiger partial charge in [-0.2, -0.15) is 10.4 Å². The molecule has 120 valence electrons. The fourth-order valence-electron chi connectivity index (χ4n) is 2.76. The van der Waals surface area contributed by atoms with Gasteiger partial charge in [-0.15, -0.1) is 20.4 Å². The third-order valence-electron chi connectivity index (χ3n) is 3.96. The Balaban J connectivity index is 1.73. The number of aromatic hydroxyl groups is 1. The van der Waals surface area contributed by atoms with E-state index in [9.17, 15) is 5.11 Å². The molecule has 0 saturated carbocycles. The molecule has 0 radical (unpaired) electrons. The van der Waals surface area contributed by atoms with E-state index in [1.165, 1.54) is 0 Å². The fourth-order valence-corrected chi connectivity index (χ4v) is 2.76. The zero-order valence-electron chi connectivity index (χ0n) is 12.5. The van der Waals surface area contributed by atoms with E-state index < -0.39 is 0 Å². The summed E-state index contributed by atoms with van der Waals surface area (Å²) in [5.41, 5.74) is 2.72. The van der Waals surface area contributed by atoms with Crippen LogP contribution in [-0.2, 0) is 0 Å². The number of hydrogen-bond donors (Lipinski definition) is 3. The van der Waals surface area contributed by atoms with Crippen molar-refractivity contribution in [2.45, 2.75) is 0 Å². The molecule has 10 heteroatoms. The van der Waals surface area contributed by atoms with Crippen molar-refractivity contribution < 1.29 is 5.11 Å². The topological polar surface area (TPSA) is 142 Å². The molecule has 10 nitrogen and oxygen atoms in total. The highest BCUT2D eigenvalue weighted by molar-refractivity contribution is 5.99. The highest BCUT2D eigenvalue weighted by atomic mass is 16.3. The zero-order chi connectivity index (χ0) is 16.8. The molecule has 0 spiro atoms. The van der Waals surface area contributed by atoms with Gasteiger partial charge in [-0.05, 0) is 34.7 Å². The van der Waals surface area contributed by atoms with Gasteiger partial charge in [0, 0.05) is 16.3 Å². The average molecular weight is 331 g/mol. The van der Waals surface area contributed by atoms with Gasteiger partial charge in [0.1, 0.15) is 5.75 Å². The highest BCUT2D eigenvalue weighted by Crippen LogP contribution is 2.35. The highest BCUT2D eigenvalue weighted by Gasteiger charge is 2.14. The fraction of sp³-hybridized carbons (Fsp3) is 0. The second-order valence-electron chi connectivity index (χ2n) is 5.40. The van der Waals surface area contributed by atoms with E-state index in [4.69, 9.17) is 0 Å². The number of phenols is 1. The molecular formula is C15H9N9O. The molecule has 3 N–H and O–H groups in total. The summed E-state index contributed by atoms with van der Waals surface area (Å²) in [4.78, 5) is 4.62. The molecule has 0 saturated heterocycles. The average Bonchev–Trinajstić information content (AvgIpc) is 3.34. The molecule has 0 aliphatic carbocycles. The van der Waals surface area contributed by atoms with Crippen molar-refractivity contribution >= 4 is 21.8 Å². The standard InChI is InChI=1S/C15H9N9O/c25-13-9(15-19-23-24-20-15)3-4-11-10(13)5-7-1-2-8(6-12(7)16-11)14-17-21-22-18-14/h1-6,25H,(H,17,18,21,22)(H,19,20,23,24). The number of aromatic nitrogens is 9. The van der Waals surface area contributed by atoms with E-state index in [1.54, 1.807) is 12.1 Å². The van der Waals surface area contributed by atoms with Gasteiger partial charge in [-0.3, -0.25) is 0 Å². The van der Waals surface area contributed by atoms with Crippen LogP contribution in [-0.4, -0.2) is 51.3 Å². The number of pyridine rings is 1. The zero-order valence-corrected chi connectivity index (χ0v) is 12.5. The minimum atomic E-state index is 0.0653. The Morgan fingerprint density at radius 3 is 2.36 bits per heavy atom. The maximum atomic E-state index is 10.6. The lowest BCUT2D eigenvalue weighted by molar-refractivity contribution is 0.483. The van der Waals surface area contributed by atoms with Crippen molar-refractivity contribution in [3.63, 3.8) is 0 Å². The van der Waals surface area contributed by atoms with Crippen LogP contribution in [0.15, 0.2) is 36.4 Å². The second-order valence-corrected chi connectivity index (χ2v) is 5.40. The summed E-state index contributed by atoms with van der Waals surface area (Å²) >= 11 is 0. The van der Waals surface area contributed by atoms with E-state index >= 15 is 0 Å². The quantitative estimate of drug-likeness (QED) is 0.413. The van der Waals surface area contributed by atoms with Gasteiger partial charge < -0.3 is 5.11 Å². The van der Waals surface area contributed by atoms with Gasteiger partial charge in [0.15, 0.2) is 0 Å². The molecule has 5 aromatic rings. The minimum absolute atomic E-state index is 0.0653. The number of aromatic amines is 2. The van der Waals surface area contributed by atoms with Gasteiger partial charge in [0.25, 0.3) is 0 Å². The molecule has 2 aromatic carbocycles. The number of benzene rings is 2. The van der Waals surface area contributed by atoms with Crippen molar-refractivity contribution in [3.05, 3.63) is 36.4 Å². The largest absolute Gasteiger partial charge is 0.506 e. The van der Waals surface area contributed by atoms with Gasteiger partial charge in [0.05, 0.1) is 16.6 Å². The van der Waals surface area contributed by atoms with Crippen molar-refractivity contribution in [3.8, 4) is 28.5 Å². The van der Waals surface area contributed by atoms with Crippen LogP contribution in [0.1, 0.15) is 0 Å². The van der Waals surface area contributed by atoms with E-state index in [-0.39, 0.29) is 5.75 Å². The molecule has 25 heavy (non-hydrogen) atoms. The predicted octanol–water partition coefficient (Wildman–Crippen LogP) is 1.45. The number of nitrogens with zero attached hydrogens (tertiary/aromatic N) is 7. The van der Waals surface area contributed by atoms with E-state index in [2.05, 4.69) is 46.2 Å². The first-order chi connectivity index (χ1) is 12.3. The van der Waals surface area contributed by atoms with E-state index in [0.29, 0.717) is 28.1 Å². The molecule has 0 amide bonds. The Morgan fingerprint density at radius 1 is 0.800 bits per heavy atom. The molecule has 0 unspecified atom stereocenters. The number of rotatable bonds is 2. The van der Waals surface area contributed by atoms with Crippen LogP contribution in [0.4, 0.5) is 0 Å². The molecule has 3 heterocycles. The molecular weight excluding hydrogens is 322 g/mol. The first-order valence-corrected chi connectivity index (χ1v) is 7.34. The van der Waals surface area contributed by atoms with Crippen molar-refractivity contribution in [1.29, 1.82) is 0 Å². The van der Waals surface area contributed by atoms with Crippen LogP contribution in [0.5, 0.6) is 5.75 Å². The maximum absolute atomic E-state index is 10.6. The van der Waals surface area contributed by atoms with E-state index in [1.807, 2.05) is 24.3 Å². The van der Waals surface area contributed by atoms with Crippen LogP contribution in [0.3, 0.4) is 0 Å². The number of nitrogens with one attached hydrogen (secondary N) is 2. The Hall–Kier alpha value is -3.95. The van der Waals surface area contributed by atoms with Gasteiger partial charge in [0.2, 0.25) is 11.6 Å². The van der Waals surface area contributed by atoms with Crippen LogP contribution in [0.25, 0.3) is 44.6 Å². The lowest BCUT2D eigenvalue weighted by Crippen LogP contribution is -1.89. The number of tetrazole rings is 2. The molecule has 5 rings (SSSR count). The molecule has 0 bridgehead atoms. The third-order valence-corrected chi connectivity index (χ3v) is 3.96. The summed E-state index contributed by atoms with van der Waals surface area (Å²) < 4.78 is 0. The first-order valence-electron chi connectivity index (χ1n) is 7.34. The van der Waals surface area contributed by atoms with Gasteiger partial charge in [-0.1, -0.05) is 12.1 Å². The Morgan fingerprint density at radius 2 is 1.60 bits per heavy atom. The smallest absolute Gasteiger partial charge is 0.208 e. The summed E-state index contributed by atoms with van der Waals surface area (Å²) in [6.07, 6.45) is 0. The van der Waals surface area contributed by atoms with Crippen LogP contribution in [0.2, 0.25) is 0 Å². The monoisotopic (exact) mass is 331 g/mol. The number of phenolic OH excluding ortho intramolecular Hbond substituents is 1. The summed E-state index contributed by atoms with van der Waals surface area (Å²) in [7, 11) is 0. The second kappa shape index (κ2) is 5.03. The Kier molecular flexibility index (Phi) is 2.71. The predicted molar refractivity (Wildman–Crippen MR) is 87.3 cm³/mol. The molecule has 0 fully saturated rings. The number of hydrogen-bond acceptors (Lipinski definition) is 8. The minimum Gasteiger partial charge on any atom is -0.506 e. The maximum Gasteiger partial charge on any atom is 0.208 e. The van der Waals surface area contributed by atoms with Crippen molar-refractivity contribution in [2.24, 2.45) is 0 Å². The van der Waals surface area contributed by atoms with Crippen LogP contribution in [0, 0.1) is 0 Å². The molecule has 0 aliphatic rings.